The van der Waals surface area contributed by atoms with Gasteiger partial charge in [-0.2, -0.15) is 13.2 Å². The number of aliphatic hydroxyl groups is 1. The van der Waals surface area contributed by atoms with Crippen LogP contribution in [0, 0.1) is 6.92 Å². The fraction of sp³-hybridized carbons (Fsp3) is 0.300. The first kappa shape index (κ1) is 12.5. The van der Waals surface area contributed by atoms with E-state index in [0.29, 0.717) is 0 Å². The number of carbonyl (C=O) groups is 1. The Kier molecular flexibility index (Phi) is 2.96. The van der Waals surface area contributed by atoms with E-state index in [9.17, 15) is 23.1 Å². The van der Waals surface area contributed by atoms with E-state index in [1.165, 1.54) is 25.1 Å². The molecule has 0 aromatic heterocycles. The van der Waals surface area contributed by atoms with Gasteiger partial charge in [-0.1, -0.05) is 24.3 Å². The third-order valence-electron chi connectivity index (χ3n) is 2.25. The number of halogens is 3. The Morgan fingerprint density at radius 3 is 2.12 bits per heavy atom. The molecule has 0 bridgehead atoms. The number of rotatable bonds is 2. The third kappa shape index (κ3) is 1.76. The molecule has 0 aliphatic carbocycles. The molecule has 0 aliphatic heterocycles. The lowest BCUT2D eigenvalue weighted by Gasteiger charge is -2.27. The highest BCUT2D eigenvalue weighted by Crippen LogP contribution is 2.40. The van der Waals surface area contributed by atoms with Crippen LogP contribution in [0.15, 0.2) is 24.3 Å². The zero-order valence-corrected chi connectivity index (χ0v) is 8.25. The lowest BCUT2D eigenvalue weighted by molar-refractivity contribution is -0.265. The van der Waals surface area contributed by atoms with Gasteiger partial charge in [-0.25, -0.2) is 4.79 Å². The van der Waals surface area contributed by atoms with Gasteiger partial charge in [0.05, 0.1) is 0 Å². The molecule has 0 radical (unpaired) electrons. The molecule has 1 aromatic carbocycles. The van der Waals surface area contributed by atoms with Gasteiger partial charge in [-0.05, 0) is 12.5 Å². The van der Waals surface area contributed by atoms with Crippen LogP contribution in [0.3, 0.4) is 0 Å². The average Bonchev–Trinajstić information content (AvgIpc) is 2.15. The van der Waals surface area contributed by atoms with Gasteiger partial charge in [0.25, 0.3) is 5.60 Å². The summed E-state index contributed by atoms with van der Waals surface area (Å²) in [6.45, 7) is 1.30. The fourth-order valence-electron chi connectivity index (χ4n) is 1.37. The monoisotopic (exact) mass is 234 g/mol. The molecule has 0 saturated carbocycles. The summed E-state index contributed by atoms with van der Waals surface area (Å²) in [7, 11) is 0. The van der Waals surface area contributed by atoms with Gasteiger partial charge >= 0.3 is 12.1 Å². The minimum atomic E-state index is -5.27. The van der Waals surface area contributed by atoms with Crippen molar-refractivity contribution in [1.29, 1.82) is 0 Å². The lowest BCUT2D eigenvalue weighted by atomic mass is 9.90. The van der Waals surface area contributed by atoms with E-state index < -0.39 is 23.3 Å². The number of carboxylic acids is 1. The highest BCUT2D eigenvalue weighted by molar-refractivity contribution is 5.80. The van der Waals surface area contributed by atoms with Crippen LogP contribution in [-0.2, 0) is 10.4 Å². The van der Waals surface area contributed by atoms with E-state index in [-0.39, 0.29) is 5.56 Å². The van der Waals surface area contributed by atoms with Crippen molar-refractivity contribution < 1.29 is 28.2 Å². The molecule has 0 heterocycles. The zero-order chi connectivity index (χ0) is 12.6. The molecule has 0 aliphatic rings. The summed E-state index contributed by atoms with van der Waals surface area (Å²) < 4.78 is 37.8. The number of hydrogen-bond acceptors (Lipinski definition) is 2. The summed E-state index contributed by atoms with van der Waals surface area (Å²) in [4.78, 5) is 10.7. The van der Waals surface area contributed by atoms with Crippen LogP contribution < -0.4 is 0 Å². The second-order valence-electron chi connectivity index (χ2n) is 3.33. The topological polar surface area (TPSA) is 57.5 Å². The van der Waals surface area contributed by atoms with Crippen LogP contribution in [0.25, 0.3) is 0 Å². The Morgan fingerprint density at radius 2 is 1.75 bits per heavy atom. The van der Waals surface area contributed by atoms with E-state index in [1.807, 2.05) is 0 Å². The van der Waals surface area contributed by atoms with Gasteiger partial charge in [-0.3, -0.25) is 0 Å². The van der Waals surface area contributed by atoms with Crippen molar-refractivity contribution in [3.8, 4) is 0 Å². The van der Waals surface area contributed by atoms with E-state index in [4.69, 9.17) is 5.11 Å². The maximum absolute atomic E-state index is 12.6. The highest BCUT2D eigenvalue weighted by Gasteiger charge is 2.61. The number of aliphatic carboxylic acids is 1. The normalized spacial score (nSPS) is 15.6. The molecule has 6 heteroatoms. The predicted octanol–water partition coefficient (Wildman–Crippen LogP) is 1.83. The molecule has 0 saturated heterocycles. The fourth-order valence-corrected chi connectivity index (χ4v) is 1.37. The molecule has 0 amide bonds. The smallest absolute Gasteiger partial charge is 0.432 e. The second-order valence-corrected chi connectivity index (χ2v) is 3.33. The van der Waals surface area contributed by atoms with E-state index in [1.54, 1.807) is 0 Å². The first-order valence-corrected chi connectivity index (χ1v) is 4.30. The maximum atomic E-state index is 12.6. The van der Waals surface area contributed by atoms with Gasteiger partial charge in [0, 0.05) is 5.56 Å². The van der Waals surface area contributed by atoms with Gasteiger partial charge in [-0.15, -0.1) is 0 Å². The summed E-state index contributed by atoms with van der Waals surface area (Å²) in [6, 6.07) is 4.94. The number of alkyl halides is 3. The van der Waals surface area contributed by atoms with E-state index >= 15 is 0 Å². The van der Waals surface area contributed by atoms with Crippen molar-refractivity contribution in [2.24, 2.45) is 0 Å². The Bertz CT molecular complexity index is 414. The first-order chi connectivity index (χ1) is 7.21. The number of carboxylic acid groups (broad SMARTS) is 1. The predicted molar refractivity (Wildman–Crippen MR) is 48.8 cm³/mol. The van der Waals surface area contributed by atoms with Crippen LogP contribution in [0.4, 0.5) is 13.2 Å². The number of aryl methyl sites for hydroxylation is 1. The molecule has 16 heavy (non-hydrogen) atoms. The molecule has 1 aromatic rings. The van der Waals surface area contributed by atoms with Crippen LogP contribution in [-0.4, -0.2) is 22.4 Å². The molecular formula is C10H9F3O3. The minimum Gasteiger partial charge on any atom is -0.479 e. The molecule has 1 unspecified atom stereocenters. The zero-order valence-electron chi connectivity index (χ0n) is 8.25. The van der Waals surface area contributed by atoms with Crippen LogP contribution >= 0.6 is 0 Å². The Labute approximate surface area is 89.1 Å². The molecule has 3 nitrogen and oxygen atoms in total. The van der Waals surface area contributed by atoms with Gasteiger partial charge in [0.1, 0.15) is 0 Å². The Morgan fingerprint density at radius 1 is 1.25 bits per heavy atom. The first-order valence-electron chi connectivity index (χ1n) is 4.30. The second kappa shape index (κ2) is 3.79. The molecule has 2 N–H and O–H groups in total. The van der Waals surface area contributed by atoms with Crippen LogP contribution in [0.1, 0.15) is 11.1 Å². The number of benzene rings is 1. The van der Waals surface area contributed by atoms with Crippen molar-refractivity contribution in [3.05, 3.63) is 35.4 Å². The Hall–Kier alpha value is -1.56. The van der Waals surface area contributed by atoms with Gasteiger partial charge in [0.15, 0.2) is 0 Å². The molecule has 0 spiro atoms. The summed E-state index contributed by atoms with van der Waals surface area (Å²) >= 11 is 0. The van der Waals surface area contributed by atoms with Crippen molar-refractivity contribution in [2.45, 2.75) is 18.7 Å². The van der Waals surface area contributed by atoms with Crippen molar-refractivity contribution in [2.75, 3.05) is 0 Å². The lowest BCUT2D eigenvalue weighted by Crippen LogP contribution is -2.49. The highest BCUT2D eigenvalue weighted by atomic mass is 19.4. The largest absolute Gasteiger partial charge is 0.479 e. The summed E-state index contributed by atoms with van der Waals surface area (Å²) in [6.07, 6.45) is -5.27. The summed E-state index contributed by atoms with van der Waals surface area (Å²) in [5, 5.41) is 17.9. The van der Waals surface area contributed by atoms with Crippen LogP contribution in [0.2, 0.25) is 0 Å². The van der Waals surface area contributed by atoms with Gasteiger partial charge < -0.3 is 10.2 Å². The third-order valence-corrected chi connectivity index (χ3v) is 2.25. The standard InChI is InChI=1S/C10H9F3O3/c1-6-4-2-3-5-7(6)9(16,8(14)15)10(11,12)13/h2-5,16H,1H3,(H,14,15). The maximum Gasteiger partial charge on any atom is 0.432 e. The quantitative estimate of drug-likeness (QED) is 0.820. The summed E-state index contributed by atoms with van der Waals surface area (Å²) in [5.74, 6) is -2.34. The van der Waals surface area contributed by atoms with Crippen molar-refractivity contribution >= 4 is 5.97 Å². The van der Waals surface area contributed by atoms with Crippen molar-refractivity contribution in [1.82, 2.24) is 0 Å². The summed E-state index contributed by atoms with van der Waals surface area (Å²) in [5.41, 5.74) is -4.47. The molecule has 88 valence electrons. The molecule has 1 rings (SSSR count). The molecule has 1 atom stereocenters. The van der Waals surface area contributed by atoms with Gasteiger partial charge in [0.2, 0.25) is 0 Å². The number of hydrogen-bond donors (Lipinski definition) is 2. The van der Waals surface area contributed by atoms with E-state index in [2.05, 4.69) is 0 Å². The SMILES string of the molecule is Cc1ccccc1C(O)(C(=O)O)C(F)(F)F. The molecule has 0 fully saturated rings. The minimum absolute atomic E-state index is 0.0599. The average molecular weight is 234 g/mol. The molecular weight excluding hydrogens is 225 g/mol. The van der Waals surface area contributed by atoms with E-state index in [0.717, 1.165) is 6.07 Å². The Balaban J connectivity index is 3.46. The van der Waals surface area contributed by atoms with Crippen LogP contribution in [0.5, 0.6) is 0 Å². The van der Waals surface area contributed by atoms with Crippen molar-refractivity contribution in [3.63, 3.8) is 0 Å².